The lowest BCUT2D eigenvalue weighted by atomic mass is 10.1. The fourth-order valence-corrected chi connectivity index (χ4v) is 2.27. The minimum Gasteiger partial charge on any atom is -0.484 e. The van der Waals surface area contributed by atoms with Crippen LogP contribution in [0.3, 0.4) is 0 Å². The average molecular weight is 288 g/mol. The topological polar surface area (TPSA) is 24.5 Å². The molecule has 0 saturated carbocycles. The SMILES string of the molecule is C[C@H]1CN(Cc2ccc(OCC(F)(F)F)cc2)CCN1. The molecule has 1 atom stereocenters. The third-order valence-corrected chi connectivity index (χ3v) is 3.18. The predicted molar refractivity (Wildman–Crippen MR) is 70.7 cm³/mol. The molecule has 112 valence electrons. The van der Waals surface area contributed by atoms with Crippen molar-refractivity contribution in [3.63, 3.8) is 0 Å². The Morgan fingerprint density at radius 2 is 2.00 bits per heavy atom. The molecule has 3 nitrogen and oxygen atoms in total. The maximum Gasteiger partial charge on any atom is 0.422 e. The van der Waals surface area contributed by atoms with E-state index in [9.17, 15) is 13.2 Å². The fraction of sp³-hybridized carbons (Fsp3) is 0.571. The van der Waals surface area contributed by atoms with Gasteiger partial charge in [0.15, 0.2) is 6.61 Å². The molecule has 20 heavy (non-hydrogen) atoms. The number of hydrogen-bond acceptors (Lipinski definition) is 3. The molecule has 1 aromatic carbocycles. The molecule has 6 heteroatoms. The van der Waals surface area contributed by atoms with Crippen LogP contribution in [0, 0.1) is 0 Å². The van der Waals surface area contributed by atoms with Gasteiger partial charge in [-0.3, -0.25) is 4.90 Å². The molecule has 0 amide bonds. The molecule has 1 aromatic rings. The lowest BCUT2D eigenvalue weighted by molar-refractivity contribution is -0.153. The first-order valence-electron chi connectivity index (χ1n) is 6.66. The molecule has 1 heterocycles. The Hall–Kier alpha value is -1.27. The van der Waals surface area contributed by atoms with Gasteiger partial charge in [-0.15, -0.1) is 0 Å². The Bertz CT molecular complexity index is 419. The monoisotopic (exact) mass is 288 g/mol. The molecule has 0 aliphatic carbocycles. The van der Waals surface area contributed by atoms with Crippen molar-refractivity contribution in [3.05, 3.63) is 29.8 Å². The second-order valence-electron chi connectivity index (χ2n) is 5.14. The van der Waals surface area contributed by atoms with Crippen LogP contribution in [-0.4, -0.2) is 43.4 Å². The first kappa shape index (κ1) is 15.1. The molecular weight excluding hydrogens is 269 g/mol. The Balaban J connectivity index is 1.85. The fourth-order valence-electron chi connectivity index (χ4n) is 2.27. The van der Waals surface area contributed by atoms with Crippen LogP contribution in [0.4, 0.5) is 13.2 Å². The molecule has 1 aliphatic rings. The van der Waals surface area contributed by atoms with E-state index >= 15 is 0 Å². The van der Waals surface area contributed by atoms with Crippen LogP contribution in [0.5, 0.6) is 5.75 Å². The smallest absolute Gasteiger partial charge is 0.422 e. The lowest BCUT2D eigenvalue weighted by Gasteiger charge is -2.31. The van der Waals surface area contributed by atoms with Crippen LogP contribution >= 0.6 is 0 Å². The summed E-state index contributed by atoms with van der Waals surface area (Å²) in [6, 6.07) is 7.29. The van der Waals surface area contributed by atoms with E-state index in [1.165, 1.54) is 0 Å². The van der Waals surface area contributed by atoms with E-state index in [2.05, 4.69) is 21.9 Å². The van der Waals surface area contributed by atoms with Gasteiger partial charge in [0.25, 0.3) is 0 Å². The first-order valence-corrected chi connectivity index (χ1v) is 6.66. The highest BCUT2D eigenvalue weighted by Crippen LogP contribution is 2.19. The Morgan fingerprint density at radius 3 is 2.60 bits per heavy atom. The highest BCUT2D eigenvalue weighted by atomic mass is 19.4. The minimum atomic E-state index is -4.30. The molecule has 1 N–H and O–H groups in total. The van der Waals surface area contributed by atoms with Gasteiger partial charge in [-0.1, -0.05) is 12.1 Å². The van der Waals surface area contributed by atoms with Crippen LogP contribution in [-0.2, 0) is 6.54 Å². The highest BCUT2D eigenvalue weighted by molar-refractivity contribution is 5.27. The van der Waals surface area contributed by atoms with Crippen LogP contribution < -0.4 is 10.1 Å². The number of ether oxygens (including phenoxy) is 1. The molecular formula is C14H19F3N2O. The van der Waals surface area contributed by atoms with E-state index in [0.717, 1.165) is 31.7 Å². The highest BCUT2D eigenvalue weighted by Gasteiger charge is 2.28. The summed E-state index contributed by atoms with van der Waals surface area (Å²) in [6.45, 7) is 4.63. The van der Waals surface area contributed by atoms with Crippen molar-refractivity contribution in [2.24, 2.45) is 0 Å². The quantitative estimate of drug-likeness (QED) is 0.921. The third-order valence-electron chi connectivity index (χ3n) is 3.18. The summed E-state index contributed by atoms with van der Waals surface area (Å²) >= 11 is 0. The molecule has 1 fully saturated rings. The minimum absolute atomic E-state index is 0.250. The molecule has 1 saturated heterocycles. The number of hydrogen-bond donors (Lipinski definition) is 1. The number of nitrogens with one attached hydrogen (secondary N) is 1. The largest absolute Gasteiger partial charge is 0.484 e. The molecule has 0 radical (unpaired) electrons. The van der Waals surface area contributed by atoms with Crippen molar-refractivity contribution >= 4 is 0 Å². The van der Waals surface area contributed by atoms with E-state index in [4.69, 9.17) is 0 Å². The van der Waals surface area contributed by atoms with Crippen molar-refractivity contribution < 1.29 is 17.9 Å². The number of benzene rings is 1. The summed E-state index contributed by atoms with van der Waals surface area (Å²) in [6.07, 6.45) is -4.30. The number of piperazine rings is 1. The number of nitrogens with zero attached hydrogens (tertiary/aromatic N) is 1. The molecule has 0 aromatic heterocycles. The summed E-state index contributed by atoms with van der Waals surface area (Å²) in [5, 5.41) is 3.37. The Labute approximate surface area is 116 Å². The predicted octanol–water partition coefficient (Wildman–Crippen LogP) is 2.42. The van der Waals surface area contributed by atoms with E-state index < -0.39 is 12.8 Å². The van der Waals surface area contributed by atoms with Crippen LogP contribution in [0.1, 0.15) is 12.5 Å². The number of alkyl halides is 3. The van der Waals surface area contributed by atoms with Crippen molar-refractivity contribution in [3.8, 4) is 5.75 Å². The maximum absolute atomic E-state index is 12.0. The maximum atomic E-state index is 12.0. The van der Waals surface area contributed by atoms with Gasteiger partial charge in [0.2, 0.25) is 0 Å². The Morgan fingerprint density at radius 1 is 1.30 bits per heavy atom. The summed E-state index contributed by atoms with van der Waals surface area (Å²) in [5.74, 6) is 0.250. The van der Waals surface area contributed by atoms with Gasteiger partial charge in [-0.2, -0.15) is 13.2 Å². The second-order valence-corrected chi connectivity index (χ2v) is 5.14. The van der Waals surface area contributed by atoms with E-state index in [-0.39, 0.29) is 5.75 Å². The van der Waals surface area contributed by atoms with E-state index in [1.54, 1.807) is 12.1 Å². The average Bonchev–Trinajstić information content (AvgIpc) is 2.37. The zero-order valence-corrected chi connectivity index (χ0v) is 11.4. The van der Waals surface area contributed by atoms with Gasteiger partial charge in [0.05, 0.1) is 0 Å². The molecule has 0 unspecified atom stereocenters. The van der Waals surface area contributed by atoms with Crippen LogP contribution in [0.15, 0.2) is 24.3 Å². The lowest BCUT2D eigenvalue weighted by Crippen LogP contribution is -2.48. The van der Waals surface area contributed by atoms with Gasteiger partial charge in [0.1, 0.15) is 5.75 Å². The zero-order valence-electron chi connectivity index (χ0n) is 11.4. The van der Waals surface area contributed by atoms with Crippen LogP contribution in [0.2, 0.25) is 0 Å². The molecule has 0 spiro atoms. The molecule has 0 bridgehead atoms. The normalized spacial score (nSPS) is 20.9. The molecule has 1 aliphatic heterocycles. The van der Waals surface area contributed by atoms with Gasteiger partial charge < -0.3 is 10.1 Å². The summed E-state index contributed by atoms with van der Waals surface area (Å²) < 4.78 is 40.8. The van der Waals surface area contributed by atoms with Crippen molar-refractivity contribution in [1.29, 1.82) is 0 Å². The van der Waals surface area contributed by atoms with Crippen LogP contribution in [0.25, 0.3) is 0 Å². The third kappa shape index (κ3) is 5.02. The number of rotatable bonds is 4. The van der Waals surface area contributed by atoms with Crippen molar-refractivity contribution in [2.45, 2.75) is 25.7 Å². The summed E-state index contributed by atoms with van der Waals surface area (Å²) in [7, 11) is 0. The van der Waals surface area contributed by atoms with Gasteiger partial charge >= 0.3 is 6.18 Å². The second kappa shape index (κ2) is 6.45. The summed E-state index contributed by atoms with van der Waals surface area (Å²) in [4.78, 5) is 2.33. The van der Waals surface area contributed by atoms with E-state index in [1.807, 2.05) is 12.1 Å². The molecule has 2 rings (SSSR count). The van der Waals surface area contributed by atoms with Crippen molar-refractivity contribution in [2.75, 3.05) is 26.2 Å². The van der Waals surface area contributed by atoms with Gasteiger partial charge in [-0.25, -0.2) is 0 Å². The van der Waals surface area contributed by atoms with E-state index in [0.29, 0.717) is 6.04 Å². The zero-order chi connectivity index (χ0) is 14.6. The summed E-state index contributed by atoms with van der Waals surface area (Å²) in [5.41, 5.74) is 1.08. The van der Waals surface area contributed by atoms with Crippen molar-refractivity contribution in [1.82, 2.24) is 10.2 Å². The number of halogens is 3. The Kier molecular flexibility index (Phi) is 4.88. The standard InChI is InChI=1S/C14H19F3N2O/c1-11-8-19(7-6-18-11)9-12-2-4-13(5-3-12)20-10-14(15,16)17/h2-5,11,18H,6-10H2,1H3/t11-/m0/s1. The van der Waals surface area contributed by atoms with Gasteiger partial charge in [-0.05, 0) is 24.6 Å². The van der Waals surface area contributed by atoms with Gasteiger partial charge in [0, 0.05) is 32.2 Å². The first-order chi connectivity index (χ1) is 9.42.